The summed E-state index contributed by atoms with van der Waals surface area (Å²) >= 11 is 0. The van der Waals surface area contributed by atoms with Crippen molar-refractivity contribution in [2.24, 2.45) is 0 Å². The lowest BCUT2D eigenvalue weighted by Crippen LogP contribution is -2.35. The fourth-order valence-electron chi connectivity index (χ4n) is 4.62. The number of nitrogens with one attached hydrogen (secondary N) is 2. The van der Waals surface area contributed by atoms with Crippen LogP contribution in [-0.4, -0.2) is 60.2 Å². The Bertz CT molecular complexity index is 1010. The van der Waals surface area contributed by atoms with E-state index >= 15 is 0 Å². The third-order valence-corrected chi connectivity index (χ3v) is 6.49. The van der Waals surface area contributed by atoms with E-state index < -0.39 is 0 Å². The number of likely N-dealkylation sites (tertiary alicyclic amines) is 2. The van der Waals surface area contributed by atoms with Crippen molar-refractivity contribution in [3.8, 4) is 0 Å². The molecule has 2 aromatic carbocycles. The van der Waals surface area contributed by atoms with Gasteiger partial charge in [-0.05, 0) is 68.5 Å². The molecule has 2 saturated heterocycles. The van der Waals surface area contributed by atoms with Crippen LogP contribution < -0.4 is 10.6 Å². The molecule has 0 saturated carbocycles. The number of anilines is 2. The van der Waals surface area contributed by atoms with Gasteiger partial charge in [-0.25, -0.2) is 0 Å². The molecule has 4 rings (SSSR count). The van der Waals surface area contributed by atoms with Gasteiger partial charge in [-0.2, -0.15) is 0 Å². The summed E-state index contributed by atoms with van der Waals surface area (Å²) in [7, 11) is 0. The van der Waals surface area contributed by atoms with Gasteiger partial charge in [0.1, 0.15) is 0 Å². The van der Waals surface area contributed by atoms with Gasteiger partial charge >= 0.3 is 0 Å². The average molecular weight is 463 g/mol. The summed E-state index contributed by atoms with van der Waals surface area (Å²) in [4.78, 5) is 42.0. The molecular weight excluding hydrogens is 428 g/mol. The summed E-state index contributed by atoms with van der Waals surface area (Å²) in [6, 6.07) is 14.4. The van der Waals surface area contributed by atoms with Crippen molar-refractivity contribution in [2.75, 3.05) is 43.4 Å². The van der Waals surface area contributed by atoms with E-state index in [4.69, 9.17) is 0 Å². The highest BCUT2D eigenvalue weighted by molar-refractivity contribution is 5.98. The van der Waals surface area contributed by atoms with Crippen LogP contribution in [0.25, 0.3) is 0 Å². The van der Waals surface area contributed by atoms with Crippen molar-refractivity contribution in [2.45, 2.75) is 44.9 Å². The van der Waals surface area contributed by atoms with Crippen molar-refractivity contribution in [1.82, 2.24) is 9.80 Å². The van der Waals surface area contributed by atoms with E-state index in [1.165, 1.54) is 19.3 Å². The molecule has 0 radical (unpaired) electrons. The molecule has 0 aliphatic carbocycles. The molecule has 0 atom stereocenters. The Morgan fingerprint density at radius 1 is 0.647 bits per heavy atom. The van der Waals surface area contributed by atoms with Gasteiger partial charge in [-0.1, -0.05) is 25.0 Å². The van der Waals surface area contributed by atoms with E-state index in [0.717, 1.165) is 57.5 Å². The van der Waals surface area contributed by atoms with Gasteiger partial charge in [-0.3, -0.25) is 14.4 Å². The molecule has 2 aliphatic rings. The minimum absolute atomic E-state index is 0.0197. The second-order valence-electron chi connectivity index (χ2n) is 9.12. The van der Waals surface area contributed by atoms with E-state index in [-0.39, 0.29) is 24.3 Å². The maximum Gasteiger partial charge on any atom is 0.253 e. The number of amides is 3. The molecule has 180 valence electrons. The van der Waals surface area contributed by atoms with Gasteiger partial charge in [0.25, 0.3) is 11.8 Å². The number of hydrogen-bond acceptors (Lipinski definition) is 4. The zero-order valence-electron chi connectivity index (χ0n) is 19.7. The molecule has 0 unspecified atom stereocenters. The Hall–Kier alpha value is -3.35. The van der Waals surface area contributed by atoms with Crippen molar-refractivity contribution < 1.29 is 14.4 Å². The smallest absolute Gasteiger partial charge is 0.253 e. The third-order valence-electron chi connectivity index (χ3n) is 6.49. The SMILES string of the molecule is O=C(CNc1cccc(C(=O)N2CCCCC2)c1)Nc1cccc(C(=O)N2CCCCCC2)c1. The fraction of sp³-hybridized carbons (Fsp3) is 0.444. The van der Waals surface area contributed by atoms with Crippen LogP contribution in [0.4, 0.5) is 11.4 Å². The molecule has 0 bridgehead atoms. The number of hydrogen-bond donors (Lipinski definition) is 2. The summed E-state index contributed by atoms with van der Waals surface area (Å²) in [5.74, 6) is -0.155. The predicted molar refractivity (Wildman–Crippen MR) is 134 cm³/mol. The Balaban J connectivity index is 1.31. The number of rotatable bonds is 6. The number of carbonyl (C=O) groups is 3. The Morgan fingerprint density at radius 2 is 1.12 bits per heavy atom. The number of benzene rings is 2. The summed E-state index contributed by atoms with van der Waals surface area (Å²) in [6.45, 7) is 3.25. The Labute approximate surface area is 201 Å². The van der Waals surface area contributed by atoms with E-state index in [9.17, 15) is 14.4 Å². The second kappa shape index (κ2) is 11.7. The Kier molecular flexibility index (Phi) is 8.17. The van der Waals surface area contributed by atoms with Crippen LogP contribution >= 0.6 is 0 Å². The van der Waals surface area contributed by atoms with Crippen LogP contribution in [0.1, 0.15) is 65.7 Å². The van der Waals surface area contributed by atoms with E-state index in [0.29, 0.717) is 16.8 Å². The van der Waals surface area contributed by atoms with Crippen LogP contribution in [0, 0.1) is 0 Å². The first-order valence-corrected chi connectivity index (χ1v) is 12.4. The lowest BCUT2D eigenvalue weighted by Gasteiger charge is -2.26. The first-order chi connectivity index (χ1) is 16.6. The van der Waals surface area contributed by atoms with Crippen LogP contribution in [0.5, 0.6) is 0 Å². The second-order valence-corrected chi connectivity index (χ2v) is 9.12. The topological polar surface area (TPSA) is 81.8 Å². The van der Waals surface area contributed by atoms with Gasteiger partial charge < -0.3 is 20.4 Å². The summed E-state index contributed by atoms with van der Waals surface area (Å²) < 4.78 is 0. The lowest BCUT2D eigenvalue weighted by atomic mass is 10.1. The minimum Gasteiger partial charge on any atom is -0.376 e. The largest absolute Gasteiger partial charge is 0.376 e. The minimum atomic E-state index is -0.216. The van der Waals surface area contributed by atoms with Gasteiger partial charge in [0.2, 0.25) is 5.91 Å². The van der Waals surface area contributed by atoms with Crippen molar-refractivity contribution in [3.63, 3.8) is 0 Å². The molecule has 2 fully saturated rings. The van der Waals surface area contributed by atoms with Crippen molar-refractivity contribution in [3.05, 3.63) is 59.7 Å². The third kappa shape index (κ3) is 6.37. The maximum absolute atomic E-state index is 12.9. The standard InChI is InChI=1S/C27H34N4O3/c32-25(20-28-23-12-8-10-21(18-23)26(33)31-16-6-3-7-17-31)29-24-13-9-11-22(19-24)27(34)30-14-4-1-2-5-15-30/h8-13,18-19,28H,1-7,14-17,20H2,(H,29,32). The molecule has 2 aromatic rings. The van der Waals surface area contributed by atoms with E-state index in [1.807, 2.05) is 28.0 Å². The van der Waals surface area contributed by atoms with Crippen LogP contribution in [0.3, 0.4) is 0 Å². The highest BCUT2D eigenvalue weighted by Crippen LogP contribution is 2.18. The highest BCUT2D eigenvalue weighted by atomic mass is 16.2. The zero-order valence-corrected chi connectivity index (χ0v) is 19.7. The van der Waals surface area contributed by atoms with Crippen LogP contribution in [-0.2, 0) is 4.79 Å². The van der Waals surface area contributed by atoms with Crippen LogP contribution in [0.2, 0.25) is 0 Å². The number of nitrogens with zero attached hydrogens (tertiary/aromatic N) is 2. The summed E-state index contributed by atoms with van der Waals surface area (Å²) in [6.07, 6.45) is 7.70. The molecule has 34 heavy (non-hydrogen) atoms. The average Bonchev–Trinajstić information content (AvgIpc) is 3.17. The molecule has 0 aromatic heterocycles. The summed E-state index contributed by atoms with van der Waals surface area (Å²) in [5, 5.41) is 5.97. The summed E-state index contributed by atoms with van der Waals surface area (Å²) in [5.41, 5.74) is 2.55. The maximum atomic E-state index is 12.9. The van der Waals surface area contributed by atoms with Crippen LogP contribution in [0.15, 0.2) is 48.5 Å². The highest BCUT2D eigenvalue weighted by Gasteiger charge is 2.19. The number of carbonyl (C=O) groups excluding carboxylic acids is 3. The predicted octanol–water partition coefficient (Wildman–Crippen LogP) is 4.38. The van der Waals surface area contributed by atoms with Gasteiger partial charge in [0, 0.05) is 48.7 Å². The zero-order chi connectivity index (χ0) is 23.8. The first-order valence-electron chi connectivity index (χ1n) is 12.4. The molecule has 2 heterocycles. The Morgan fingerprint density at radius 3 is 1.68 bits per heavy atom. The molecular formula is C27H34N4O3. The first kappa shape index (κ1) is 23.8. The quantitative estimate of drug-likeness (QED) is 0.668. The van der Waals surface area contributed by atoms with Gasteiger partial charge in [0.05, 0.1) is 6.54 Å². The molecule has 0 spiro atoms. The van der Waals surface area contributed by atoms with E-state index in [1.54, 1.807) is 30.3 Å². The number of piperidine rings is 1. The molecule has 2 N–H and O–H groups in total. The van der Waals surface area contributed by atoms with Crippen molar-refractivity contribution in [1.29, 1.82) is 0 Å². The monoisotopic (exact) mass is 462 g/mol. The van der Waals surface area contributed by atoms with Gasteiger partial charge in [-0.15, -0.1) is 0 Å². The van der Waals surface area contributed by atoms with Gasteiger partial charge in [0.15, 0.2) is 0 Å². The fourth-order valence-corrected chi connectivity index (χ4v) is 4.62. The normalized spacial score (nSPS) is 16.5. The molecule has 7 heteroatoms. The van der Waals surface area contributed by atoms with Crippen molar-refractivity contribution >= 4 is 29.1 Å². The lowest BCUT2D eigenvalue weighted by molar-refractivity contribution is -0.114. The van der Waals surface area contributed by atoms with E-state index in [2.05, 4.69) is 10.6 Å². The molecule has 3 amide bonds. The molecule has 7 nitrogen and oxygen atoms in total. The molecule has 2 aliphatic heterocycles.